The molecular weight excluding hydrogens is 344 g/mol. The van der Waals surface area contributed by atoms with Gasteiger partial charge in [0.1, 0.15) is 0 Å². The van der Waals surface area contributed by atoms with Crippen LogP contribution < -0.4 is 10.6 Å². The Morgan fingerprint density at radius 2 is 2.08 bits per heavy atom. The number of aryl methyl sites for hydroxylation is 1. The number of hydrogen-bond acceptors (Lipinski definition) is 3. The third-order valence-electron chi connectivity index (χ3n) is 4.72. The lowest BCUT2D eigenvalue weighted by Crippen LogP contribution is -2.22. The molecule has 1 atom stereocenters. The second-order valence-corrected chi connectivity index (χ2v) is 8.57. The molecule has 1 aromatic carbocycles. The summed E-state index contributed by atoms with van der Waals surface area (Å²) in [6, 6.07) is 9.67. The fourth-order valence-electron chi connectivity index (χ4n) is 3.13. The minimum atomic E-state index is -0.0639. The molecule has 1 aromatic heterocycles. The average molecular weight is 371 g/mol. The van der Waals surface area contributed by atoms with Crippen molar-refractivity contribution in [3.8, 4) is 0 Å². The maximum absolute atomic E-state index is 12.5. The first-order valence-corrected chi connectivity index (χ1v) is 10.0. The summed E-state index contributed by atoms with van der Waals surface area (Å²) in [5.74, 6) is 0.612. The van der Waals surface area contributed by atoms with E-state index < -0.39 is 0 Å². The molecule has 5 heteroatoms. The van der Waals surface area contributed by atoms with E-state index in [-0.39, 0.29) is 17.7 Å². The highest BCUT2D eigenvalue weighted by atomic mass is 32.1. The lowest BCUT2D eigenvalue weighted by Gasteiger charge is -2.16. The molecule has 2 N–H and O–H groups in total. The van der Waals surface area contributed by atoms with Gasteiger partial charge in [-0.3, -0.25) is 9.59 Å². The van der Waals surface area contributed by atoms with E-state index in [1.807, 2.05) is 38.1 Å². The predicted octanol–water partition coefficient (Wildman–Crippen LogP) is 4.40. The van der Waals surface area contributed by atoms with Crippen molar-refractivity contribution in [1.82, 2.24) is 5.32 Å². The van der Waals surface area contributed by atoms with Crippen LogP contribution in [0.15, 0.2) is 30.3 Å². The van der Waals surface area contributed by atoms with Crippen molar-refractivity contribution >= 4 is 28.8 Å². The summed E-state index contributed by atoms with van der Waals surface area (Å²) in [5.41, 5.74) is 3.07. The van der Waals surface area contributed by atoms with Gasteiger partial charge in [-0.2, -0.15) is 0 Å². The lowest BCUT2D eigenvalue weighted by atomic mass is 9.90. The highest BCUT2D eigenvalue weighted by molar-refractivity contribution is 7.14. The molecule has 1 aliphatic carbocycles. The summed E-state index contributed by atoms with van der Waals surface area (Å²) in [6.07, 6.45) is 3.38. The summed E-state index contributed by atoms with van der Waals surface area (Å²) in [5, 5.41) is 5.89. The van der Waals surface area contributed by atoms with Crippen LogP contribution >= 0.6 is 11.3 Å². The number of nitrogens with one attached hydrogen (secondary N) is 2. The highest BCUT2D eigenvalue weighted by Gasteiger charge is 2.20. The molecule has 0 spiro atoms. The molecule has 0 aliphatic heterocycles. The van der Waals surface area contributed by atoms with Crippen LogP contribution in [0.4, 0.5) is 5.69 Å². The van der Waals surface area contributed by atoms with E-state index in [0.717, 1.165) is 29.0 Å². The quantitative estimate of drug-likeness (QED) is 0.820. The molecule has 1 aliphatic rings. The number of fused-ring (bicyclic) bond motifs is 1. The van der Waals surface area contributed by atoms with Gasteiger partial charge in [-0.05, 0) is 54.5 Å². The van der Waals surface area contributed by atoms with E-state index in [1.165, 1.54) is 16.9 Å². The molecule has 138 valence electrons. The number of amides is 2. The summed E-state index contributed by atoms with van der Waals surface area (Å²) < 4.78 is 0. The van der Waals surface area contributed by atoms with Crippen LogP contribution in [0.5, 0.6) is 0 Å². The number of carbonyl (C=O) groups excluding carboxylic acids is 2. The van der Waals surface area contributed by atoms with E-state index in [1.54, 1.807) is 11.3 Å². The van der Waals surface area contributed by atoms with Crippen LogP contribution in [-0.4, -0.2) is 11.8 Å². The molecule has 26 heavy (non-hydrogen) atoms. The van der Waals surface area contributed by atoms with E-state index >= 15 is 0 Å². The maximum atomic E-state index is 12.5. The highest BCUT2D eigenvalue weighted by Crippen LogP contribution is 2.32. The molecule has 0 fully saturated rings. The Morgan fingerprint density at radius 3 is 2.85 bits per heavy atom. The SMILES string of the molecule is CC1CCc2sc(C(=O)NCc3cccc(NC(=O)C(C)C)c3)cc2C1. The molecule has 2 amide bonds. The fraction of sp³-hybridized carbons (Fsp3) is 0.429. The summed E-state index contributed by atoms with van der Waals surface area (Å²) in [6.45, 7) is 6.44. The van der Waals surface area contributed by atoms with Crippen molar-refractivity contribution in [3.05, 3.63) is 51.2 Å². The number of hydrogen-bond donors (Lipinski definition) is 2. The van der Waals surface area contributed by atoms with Gasteiger partial charge in [-0.1, -0.05) is 32.9 Å². The minimum Gasteiger partial charge on any atom is -0.347 e. The standard InChI is InChI=1S/C21H26N2O2S/c1-13(2)20(24)23-17-6-4-5-15(10-17)12-22-21(25)19-11-16-9-14(3)7-8-18(16)26-19/h4-6,10-11,13-14H,7-9,12H2,1-3H3,(H,22,25)(H,23,24). The molecule has 0 saturated carbocycles. The zero-order valence-corrected chi connectivity index (χ0v) is 16.4. The van der Waals surface area contributed by atoms with Crippen molar-refractivity contribution in [2.75, 3.05) is 5.32 Å². The Labute approximate surface area is 159 Å². The molecule has 2 aromatic rings. The van der Waals surface area contributed by atoms with Crippen molar-refractivity contribution in [3.63, 3.8) is 0 Å². The first kappa shape index (κ1) is 18.6. The van der Waals surface area contributed by atoms with Gasteiger partial charge in [-0.25, -0.2) is 0 Å². The van der Waals surface area contributed by atoms with Gasteiger partial charge in [0.25, 0.3) is 5.91 Å². The van der Waals surface area contributed by atoms with Gasteiger partial charge in [0.15, 0.2) is 0 Å². The van der Waals surface area contributed by atoms with Gasteiger partial charge < -0.3 is 10.6 Å². The molecule has 4 nitrogen and oxygen atoms in total. The molecule has 0 radical (unpaired) electrons. The number of anilines is 1. The normalized spacial score (nSPS) is 16.2. The summed E-state index contributed by atoms with van der Waals surface area (Å²) in [4.78, 5) is 26.5. The Balaban J connectivity index is 1.60. The summed E-state index contributed by atoms with van der Waals surface area (Å²) >= 11 is 1.63. The van der Waals surface area contributed by atoms with Crippen LogP contribution in [0.2, 0.25) is 0 Å². The summed E-state index contributed by atoms with van der Waals surface area (Å²) in [7, 11) is 0. The van der Waals surface area contributed by atoms with Crippen LogP contribution in [0.1, 0.15) is 52.9 Å². The fourth-order valence-corrected chi connectivity index (χ4v) is 4.26. The van der Waals surface area contributed by atoms with Crippen LogP contribution in [0.3, 0.4) is 0 Å². The number of rotatable bonds is 5. The zero-order chi connectivity index (χ0) is 18.7. The Kier molecular flexibility index (Phi) is 5.77. The van der Waals surface area contributed by atoms with Gasteiger partial charge in [-0.15, -0.1) is 11.3 Å². The van der Waals surface area contributed by atoms with E-state index in [9.17, 15) is 9.59 Å². The third-order valence-corrected chi connectivity index (χ3v) is 5.96. The monoisotopic (exact) mass is 370 g/mol. The number of carbonyl (C=O) groups is 2. The zero-order valence-electron chi connectivity index (χ0n) is 15.6. The molecule has 1 heterocycles. The van der Waals surface area contributed by atoms with Gasteiger partial charge in [0.2, 0.25) is 5.91 Å². The maximum Gasteiger partial charge on any atom is 0.261 e. The van der Waals surface area contributed by atoms with Crippen LogP contribution in [0, 0.1) is 11.8 Å². The topological polar surface area (TPSA) is 58.2 Å². The van der Waals surface area contributed by atoms with Crippen LogP contribution in [0.25, 0.3) is 0 Å². The predicted molar refractivity (Wildman–Crippen MR) is 107 cm³/mol. The van der Waals surface area contributed by atoms with Crippen molar-refractivity contribution in [2.45, 2.75) is 46.6 Å². The van der Waals surface area contributed by atoms with Crippen LogP contribution in [-0.2, 0) is 24.2 Å². The van der Waals surface area contributed by atoms with Gasteiger partial charge >= 0.3 is 0 Å². The van der Waals surface area contributed by atoms with Crippen molar-refractivity contribution < 1.29 is 9.59 Å². The van der Waals surface area contributed by atoms with Crippen molar-refractivity contribution in [1.29, 1.82) is 0 Å². The molecule has 0 saturated heterocycles. The lowest BCUT2D eigenvalue weighted by molar-refractivity contribution is -0.118. The molecular formula is C21H26N2O2S. The van der Waals surface area contributed by atoms with E-state index in [2.05, 4.69) is 23.6 Å². The van der Waals surface area contributed by atoms with E-state index in [4.69, 9.17) is 0 Å². The van der Waals surface area contributed by atoms with Gasteiger partial charge in [0, 0.05) is 23.0 Å². The first-order chi connectivity index (χ1) is 12.4. The first-order valence-electron chi connectivity index (χ1n) is 9.22. The van der Waals surface area contributed by atoms with Crippen molar-refractivity contribution in [2.24, 2.45) is 11.8 Å². The molecule has 0 bridgehead atoms. The average Bonchev–Trinajstić information content (AvgIpc) is 3.03. The smallest absolute Gasteiger partial charge is 0.261 e. The Morgan fingerprint density at radius 1 is 1.27 bits per heavy atom. The Bertz CT molecular complexity index is 810. The second-order valence-electron chi connectivity index (χ2n) is 7.43. The Hall–Kier alpha value is -2.14. The molecule has 3 rings (SSSR count). The molecule has 1 unspecified atom stereocenters. The minimum absolute atomic E-state index is 0.00965. The third kappa shape index (κ3) is 4.52. The van der Waals surface area contributed by atoms with E-state index in [0.29, 0.717) is 12.5 Å². The number of benzene rings is 1. The van der Waals surface area contributed by atoms with Gasteiger partial charge in [0.05, 0.1) is 4.88 Å². The largest absolute Gasteiger partial charge is 0.347 e. The second kappa shape index (κ2) is 8.04. The number of thiophene rings is 1.